The van der Waals surface area contributed by atoms with Crippen molar-refractivity contribution < 1.29 is 18.0 Å². The zero-order valence-corrected chi connectivity index (χ0v) is 8.95. The van der Waals surface area contributed by atoms with Gasteiger partial charge in [0.15, 0.2) is 0 Å². The fourth-order valence-corrected chi connectivity index (χ4v) is 1.17. The molecule has 0 saturated heterocycles. The summed E-state index contributed by atoms with van der Waals surface area (Å²) in [5.41, 5.74) is -1.44. The first-order valence-corrected chi connectivity index (χ1v) is 4.50. The fraction of sp³-hybridized carbons (Fsp3) is 0.125. The van der Waals surface area contributed by atoms with E-state index < -0.39 is 28.4 Å². The number of nitrogens with zero attached hydrogens (tertiary/aromatic N) is 2. The number of alkyl halides is 3. The molecule has 1 amide bonds. The van der Waals surface area contributed by atoms with Crippen LogP contribution in [0.25, 0.3) is 0 Å². The van der Waals surface area contributed by atoms with Gasteiger partial charge in [0.1, 0.15) is 5.69 Å². The smallest absolute Gasteiger partial charge is 0.264 e. The molecule has 3 nitrogen and oxygen atoms in total. The van der Waals surface area contributed by atoms with E-state index in [-0.39, 0.29) is 0 Å². The van der Waals surface area contributed by atoms with E-state index in [1.807, 2.05) is 0 Å². The average Bonchev–Trinajstić information content (AvgIpc) is 2.16. The van der Waals surface area contributed by atoms with Gasteiger partial charge in [-0.05, 0) is 18.3 Å². The minimum Gasteiger partial charge on any atom is -0.264 e. The highest BCUT2D eigenvalue weighted by Gasteiger charge is 2.32. The van der Waals surface area contributed by atoms with Gasteiger partial charge in [0.2, 0.25) is 0 Å². The van der Waals surface area contributed by atoms with Crippen LogP contribution in [0.4, 0.5) is 13.2 Å². The Morgan fingerprint density at radius 2 is 2.19 bits per heavy atom. The van der Waals surface area contributed by atoms with Crippen molar-refractivity contribution in [1.29, 1.82) is 0 Å². The van der Waals surface area contributed by atoms with E-state index in [1.54, 1.807) is 5.16 Å². The number of carbonyl (C=O) groups excluding carboxylic acids is 1. The molecule has 0 spiro atoms. The molecular formula is C8H2ClF3N2OS. The second kappa shape index (κ2) is 4.69. The molecule has 0 radical (unpaired) electrons. The molecule has 0 aromatic carbocycles. The van der Waals surface area contributed by atoms with Crippen LogP contribution < -0.4 is 0 Å². The number of hydrogen-bond acceptors (Lipinski definition) is 3. The predicted molar refractivity (Wildman–Crippen MR) is 53.6 cm³/mol. The summed E-state index contributed by atoms with van der Waals surface area (Å²) in [6.07, 6.45) is -4.07. The van der Waals surface area contributed by atoms with E-state index in [0.29, 0.717) is 12.3 Å². The first-order valence-electron chi connectivity index (χ1n) is 3.71. The Labute approximate surface area is 98.0 Å². The van der Waals surface area contributed by atoms with E-state index in [1.165, 1.54) is 0 Å². The second-order valence-corrected chi connectivity index (χ2v) is 3.15. The Kier molecular flexibility index (Phi) is 3.74. The first kappa shape index (κ1) is 12.8. The lowest BCUT2D eigenvalue weighted by Gasteiger charge is -2.06. The highest BCUT2D eigenvalue weighted by Crippen LogP contribution is 2.31. The lowest BCUT2D eigenvalue weighted by atomic mass is 10.2. The number of aromatic nitrogens is 1. The number of amides is 1. The van der Waals surface area contributed by atoms with Crippen molar-refractivity contribution in [1.82, 2.24) is 4.98 Å². The highest BCUT2D eigenvalue weighted by atomic mass is 35.5. The SMILES string of the molecule is O=C(N=C=S)c1ncc(C(F)(F)F)cc1Cl. The molecule has 1 rings (SSSR count). The Morgan fingerprint density at radius 3 is 2.62 bits per heavy atom. The van der Waals surface area contributed by atoms with Gasteiger partial charge in [0.05, 0.1) is 15.7 Å². The molecule has 0 N–H and O–H groups in total. The maximum absolute atomic E-state index is 12.2. The van der Waals surface area contributed by atoms with Crippen LogP contribution in [0.15, 0.2) is 17.3 Å². The van der Waals surface area contributed by atoms with Gasteiger partial charge in [0.25, 0.3) is 0 Å². The van der Waals surface area contributed by atoms with Gasteiger partial charge in [-0.25, -0.2) is 4.98 Å². The largest absolute Gasteiger partial charge is 0.417 e. The molecule has 0 saturated carbocycles. The molecular weight excluding hydrogens is 265 g/mol. The number of aliphatic imine (C=N–C) groups is 1. The number of halogens is 4. The van der Waals surface area contributed by atoms with Crippen LogP contribution in [0.5, 0.6) is 0 Å². The molecule has 16 heavy (non-hydrogen) atoms. The zero-order chi connectivity index (χ0) is 12.3. The molecule has 1 aromatic rings. The van der Waals surface area contributed by atoms with Crippen molar-refractivity contribution in [2.45, 2.75) is 6.18 Å². The molecule has 1 aromatic heterocycles. The van der Waals surface area contributed by atoms with Gasteiger partial charge in [0, 0.05) is 6.20 Å². The maximum atomic E-state index is 12.2. The lowest BCUT2D eigenvalue weighted by Crippen LogP contribution is -2.08. The van der Waals surface area contributed by atoms with E-state index in [2.05, 4.69) is 22.2 Å². The lowest BCUT2D eigenvalue weighted by molar-refractivity contribution is -0.137. The van der Waals surface area contributed by atoms with Crippen LogP contribution in [0.3, 0.4) is 0 Å². The summed E-state index contributed by atoms with van der Waals surface area (Å²) in [5, 5.41) is 1.34. The van der Waals surface area contributed by atoms with Gasteiger partial charge in [-0.2, -0.15) is 18.2 Å². The highest BCUT2D eigenvalue weighted by molar-refractivity contribution is 7.78. The molecule has 84 valence electrons. The zero-order valence-electron chi connectivity index (χ0n) is 7.38. The molecule has 0 aliphatic rings. The molecule has 0 bridgehead atoms. The van der Waals surface area contributed by atoms with Gasteiger partial charge in [-0.3, -0.25) is 4.79 Å². The number of thiocarbonyl (C=S) groups is 1. The molecule has 0 unspecified atom stereocenters. The Balaban J connectivity index is 3.20. The summed E-state index contributed by atoms with van der Waals surface area (Å²) in [4.78, 5) is 17.4. The Hall–Kier alpha value is -1.30. The van der Waals surface area contributed by atoms with Crippen molar-refractivity contribution in [3.63, 3.8) is 0 Å². The van der Waals surface area contributed by atoms with Gasteiger partial charge < -0.3 is 0 Å². The molecule has 0 aliphatic heterocycles. The van der Waals surface area contributed by atoms with Crippen LogP contribution in [-0.4, -0.2) is 16.1 Å². The Bertz CT molecular complexity index is 483. The van der Waals surface area contributed by atoms with Crippen molar-refractivity contribution in [3.8, 4) is 0 Å². The van der Waals surface area contributed by atoms with Crippen LogP contribution >= 0.6 is 23.8 Å². The van der Waals surface area contributed by atoms with Gasteiger partial charge >= 0.3 is 12.1 Å². The average molecular weight is 267 g/mol. The van der Waals surface area contributed by atoms with E-state index in [4.69, 9.17) is 11.6 Å². The van der Waals surface area contributed by atoms with Crippen LogP contribution in [0, 0.1) is 0 Å². The minimum atomic E-state index is -4.56. The molecule has 0 atom stereocenters. The third-order valence-corrected chi connectivity index (χ3v) is 1.90. The number of hydrogen-bond donors (Lipinski definition) is 0. The topological polar surface area (TPSA) is 42.3 Å². The summed E-state index contributed by atoms with van der Waals surface area (Å²) in [7, 11) is 0. The van der Waals surface area contributed by atoms with Crippen LogP contribution in [0.1, 0.15) is 16.1 Å². The van der Waals surface area contributed by atoms with E-state index in [0.717, 1.165) is 0 Å². The standard InChI is InChI=1S/C8H2ClF3N2OS/c9-5-1-4(8(10,11)12)2-13-6(5)7(15)14-3-16/h1-2H. The number of carbonyl (C=O) groups is 1. The quantitative estimate of drug-likeness (QED) is 0.580. The first-order chi connectivity index (χ1) is 7.36. The summed E-state index contributed by atoms with van der Waals surface area (Å²) in [5.74, 6) is -0.936. The number of pyridine rings is 1. The van der Waals surface area contributed by atoms with Crippen molar-refractivity contribution in [2.75, 3.05) is 0 Å². The number of rotatable bonds is 1. The second-order valence-electron chi connectivity index (χ2n) is 2.56. The molecule has 0 aliphatic carbocycles. The maximum Gasteiger partial charge on any atom is 0.417 e. The fourth-order valence-electron chi connectivity index (χ4n) is 0.845. The summed E-state index contributed by atoms with van der Waals surface area (Å²) in [6.45, 7) is 0. The summed E-state index contributed by atoms with van der Waals surface area (Å²) in [6, 6.07) is 0.598. The van der Waals surface area contributed by atoms with Crippen molar-refractivity contribution in [2.24, 2.45) is 4.99 Å². The van der Waals surface area contributed by atoms with E-state index in [9.17, 15) is 18.0 Å². The van der Waals surface area contributed by atoms with Crippen molar-refractivity contribution >= 4 is 34.9 Å². The van der Waals surface area contributed by atoms with Gasteiger partial charge in [-0.1, -0.05) is 11.6 Å². The third kappa shape index (κ3) is 2.85. The van der Waals surface area contributed by atoms with Crippen molar-refractivity contribution in [3.05, 3.63) is 28.5 Å². The molecule has 1 heterocycles. The van der Waals surface area contributed by atoms with E-state index >= 15 is 0 Å². The monoisotopic (exact) mass is 266 g/mol. The summed E-state index contributed by atoms with van der Waals surface area (Å²) < 4.78 is 36.6. The summed E-state index contributed by atoms with van der Waals surface area (Å²) >= 11 is 9.63. The Morgan fingerprint density at radius 1 is 1.56 bits per heavy atom. The predicted octanol–water partition coefficient (Wildman–Crippen LogP) is 3.00. The van der Waals surface area contributed by atoms with Gasteiger partial charge in [-0.15, -0.1) is 0 Å². The molecule has 0 fully saturated rings. The number of isothiocyanates is 1. The molecule has 8 heteroatoms. The van der Waals surface area contributed by atoms with Crippen LogP contribution in [0.2, 0.25) is 5.02 Å². The normalized spacial score (nSPS) is 10.8. The minimum absolute atomic E-state index is 0.396. The third-order valence-electron chi connectivity index (χ3n) is 1.52. The van der Waals surface area contributed by atoms with Crippen LogP contribution in [-0.2, 0) is 6.18 Å².